The van der Waals surface area contributed by atoms with Gasteiger partial charge in [0.05, 0.1) is 11.6 Å². The topological polar surface area (TPSA) is 80.2 Å². The molecule has 4 rings (SSSR count). The number of Topliss-reactive ketones (excluding diaryl/α,β-unsaturated/α-hetero) is 2. The highest BCUT2D eigenvalue weighted by molar-refractivity contribution is 7.15. The Morgan fingerprint density at radius 3 is 2.12 bits per heavy atom. The van der Waals surface area contributed by atoms with Crippen LogP contribution in [0.3, 0.4) is 0 Å². The van der Waals surface area contributed by atoms with Gasteiger partial charge in [0, 0.05) is 5.56 Å². The van der Waals surface area contributed by atoms with Crippen molar-refractivity contribution in [2.75, 3.05) is 4.90 Å². The lowest BCUT2D eigenvalue weighted by atomic mass is 9.85. The smallest absolute Gasteiger partial charge is 0.293 e. The van der Waals surface area contributed by atoms with Gasteiger partial charge in [-0.2, -0.15) is 13.2 Å². The predicted octanol–water partition coefficient (Wildman–Crippen LogP) is 5.14. The Balaban J connectivity index is 1.80. The molecule has 1 saturated heterocycles. The fourth-order valence-corrected chi connectivity index (χ4v) is 4.67. The first-order valence-corrected chi connectivity index (χ1v) is 11.3. The van der Waals surface area contributed by atoms with Crippen molar-refractivity contribution in [2.24, 2.45) is 5.92 Å². The Morgan fingerprint density at radius 2 is 1.62 bits per heavy atom. The molecule has 34 heavy (non-hydrogen) atoms. The van der Waals surface area contributed by atoms with Crippen LogP contribution in [0.4, 0.5) is 18.3 Å². The number of amides is 1. The molecule has 0 aliphatic carbocycles. The van der Waals surface area contributed by atoms with Crippen molar-refractivity contribution in [3.63, 3.8) is 0 Å². The molecular formula is C24H20F3N3O3S. The van der Waals surface area contributed by atoms with E-state index in [1.807, 2.05) is 13.8 Å². The van der Waals surface area contributed by atoms with Gasteiger partial charge < -0.3 is 0 Å². The third-order valence-corrected chi connectivity index (χ3v) is 6.59. The number of hydrogen-bond donors (Lipinski definition) is 0. The van der Waals surface area contributed by atoms with Crippen LogP contribution in [0.15, 0.2) is 48.5 Å². The van der Waals surface area contributed by atoms with Crippen LogP contribution in [0.1, 0.15) is 57.9 Å². The number of ketones is 2. The Kier molecular flexibility index (Phi) is 6.11. The summed E-state index contributed by atoms with van der Waals surface area (Å²) in [6.07, 6.45) is -4.55. The van der Waals surface area contributed by atoms with Crippen molar-refractivity contribution in [3.05, 3.63) is 75.8 Å². The van der Waals surface area contributed by atoms with Gasteiger partial charge in [-0.15, -0.1) is 10.2 Å². The average Bonchev–Trinajstić information content (AvgIpc) is 3.33. The molecule has 2 heterocycles. The van der Waals surface area contributed by atoms with Crippen molar-refractivity contribution < 1.29 is 27.6 Å². The second-order valence-electron chi connectivity index (χ2n) is 8.33. The second-order valence-corrected chi connectivity index (χ2v) is 9.49. The first kappa shape index (κ1) is 23.7. The van der Waals surface area contributed by atoms with Crippen LogP contribution in [0, 0.1) is 12.8 Å². The monoisotopic (exact) mass is 487 g/mol. The number of alkyl halides is 3. The SMILES string of the molecule is Cc1nnc(N2C(=O)C(=O)C(C(=O)c3ccc(C(C)C)cc3)C2c2ccc(C(F)(F)F)cc2)s1. The van der Waals surface area contributed by atoms with Crippen LogP contribution in [-0.4, -0.2) is 27.7 Å². The number of aromatic nitrogens is 2. The number of anilines is 1. The molecule has 1 aliphatic heterocycles. The number of aryl methyl sites for hydroxylation is 1. The van der Waals surface area contributed by atoms with E-state index in [1.54, 1.807) is 31.2 Å². The van der Waals surface area contributed by atoms with Crippen molar-refractivity contribution in [3.8, 4) is 0 Å². The summed E-state index contributed by atoms with van der Waals surface area (Å²) in [7, 11) is 0. The molecule has 6 nitrogen and oxygen atoms in total. The maximum Gasteiger partial charge on any atom is 0.416 e. The minimum atomic E-state index is -4.55. The minimum Gasteiger partial charge on any atom is -0.293 e. The number of benzene rings is 2. The lowest BCUT2D eigenvalue weighted by Gasteiger charge is -2.25. The fourth-order valence-electron chi connectivity index (χ4n) is 3.94. The van der Waals surface area contributed by atoms with E-state index in [0.29, 0.717) is 5.01 Å². The van der Waals surface area contributed by atoms with Gasteiger partial charge >= 0.3 is 6.18 Å². The lowest BCUT2D eigenvalue weighted by Crippen LogP contribution is -2.30. The summed E-state index contributed by atoms with van der Waals surface area (Å²) < 4.78 is 39.3. The summed E-state index contributed by atoms with van der Waals surface area (Å²) in [6.45, 7) is 5.66. The minimum absolute atomic E-state index is 0.103. The molecule has 0 saturated carbocycles. The number of halogens is 3. The molecule has 10 heteroatoms. The molecule has 1 amide bonds. The van der Waals surface area contributed by atoms with Crippen LogP contribution >= 0.6 is 11.3 Å². The molecule has 2 aromatic carbocycles. The number of nitrogens with zero attached hydrogens (tertiary/aromatic N) is 3. The van der Waals surface area contributed by atoms with Crippen LogP contribution < -0.4 is 4.90 Å². The summed E-state index contributed by atoms with van der Waals surface area (Å²) in [5.41, 5.74) is 0.577. The Morgan fingerprint density at radius 1 is 1.00 bits per heavy atom. The molecule has 2 atom stereocenters. The van der Waals surface area contributed by atoms with E-state index in [4.69, 9.17) is 0 Å². The van der Waals surface area contributed by atoms with Crippen LogP contribution in [0.25, 0.3) is 0 Å². The molecule has 0 bridgehead atoms. The first-order valence-electron chi connectivity index (χ1n) is 10.5. The second kappa shape index (κ2) is 8.75. The van der Waals surface area contributed by atoms with Crippen LogP contribution in [-0.2, 0) is 15.8 Å². The largest absolute Gasteiger partial charge is 0.416 e. The third kappa shape index (κ3) is 4.25. The Labute approximate surface area is 197 Å². The van der Waals surface area contributed by atoms with Crippen molar-refractivity contribution in [2.45, 2.75) is 38.9 Å². The van der Waals surface area contributed by atoms with E-state index in [-0.39, 0.29) is 22.2 Å². The van der Waals surface area contributed by atoms with E-state index in [1.165, 1.54) is 12.1 Å². The number of carbonyl (C=O) groups excluding carboxylic acids is 3. The number of hydrogen-bond acceptors (Lipinski definition) is 6. The van der Waals surface area contributed by atoms with Gasteiger partial charge in [0.2, 0.25) is 10.9 Å². The van der Waals surface area contributed by atoms with Crippen molar-refractivity contribution in [1.82, 2.24) is 10.2 Å². The average molecular weight is 488 g/mol. The van der Waals surface area contributed by atoms with E-state index >= 15 is 0 Å². The standard InChI is InChI=1S/C24H20F3N3O3S/c1-12(2)14-4-6-16(7-5-14)20(31)18-19(15-8-10-17(11-9-15)24(25,26)27)30(22(33)21(18)32)23-29-28-13(3)34-23/h4-12,18-19H,1-3H3. The molecule has 1 fully saturated rings. The van der Waals surface area contributed by atoms with Gasteiger partial charge in [-0.05, 0) is 36.1 Å². The predicted molar refractivity (Wildman–Crippen MR) is 120 cm³/mol. The van der Waals surface area contributed by atoms with Gasteiger partial charge in [0.25, 0.3) is 5.91 Å². The quantitative estimate of drug-likeness (QED) is 0.283. The van der Waals surface area contributed by atoms with Gasteiger partial charge in [-0.3, -0.25) is 19.3 Å². The van der Waals surface area contributed by atoms with Gasteiger partial charge in [-0.25, -0.2) is 0 Å². The molecule has 176 valence electrons. The fraction of sp³-hybridized carbons (Fsp3) is 0.292. The number of carbonyl (C=O) groups is 3. The maximum absolute atomic E-state index is 13.5. The maximum atomic E-state index is 13.5. The third-order valence-electron chi connectivity index (χ3n) is 5.75. The lowest BCUT2D eigenvalue weighted by molar-refractivity contribution is -0.137. The molecular weight excluding hydrogens is 467 g/mol. The zero-order valence-electron chi connectivity index (χ0n) is 18.5. The highest BCUT2D eigenvalue weighted by Gasteiger charge is 2.53. The van der Waals surface area contributed by atoms with Gasteiger partial charge in [0.15, 0.2) is 5.78 Å². The summed E-state index contributed by atoms with van der Waals surface area (Å²) >= 11 is 1.05. The summed E-state index contributed by atoms with van der Waals surface area (Å²) in [5, 5.41) is 8.45. The molecule has 0 N–H and O–H groups in total. The zero-order valence-corrected chi connectivity index (χ0v) is 19.3. The van der Waals surface area contributed by atoms with Crippen LogP contribution in [0.5, 0.6) is 0 Å². The van der Waals surface area contributed by atoms with E-state index in [9.17, 15) is 27.6 Å². The van der Waals surface area contributed by atoms with E-state index < -0.39 is 41.2 Å². The van der Waals surface area contributed by atoms with Crippen LogP contribution in [0.2, 0.25) is 0 Å². The normalized spacial score (nSPS) is 18.7. The molecule has 3 aromatic rings. The van der Waals surface area contributed by atoms with Crippen molar-refractivity contribution >= 4 is 33.9 Å². The molecule has 0 radical (unpaired) electrons. The highest BCUT2D eigenvalue weighted by atomic mass is 32.1. The van der Waals surface area contributed by atoms with Crippen molar-refractivity contribution in [1.29, 1.82) is 0 Å². The molecule has 1 aliphatic rings. The van der Waals surface area contributed by atoms with Gasteiger partial charge in [0.1, 0.15) is 10.9 Å². The van der Waals surface area contributed by atoms with Gasteiger partial charge in [-0.1, -0.05) is 61.6 Å². The Bertz CT molecular complexity index is 1250. The van der Waals surface area contributed by atoms with E-state index in [2.05, 4.69) is 10.2 Å². The highest BCUT2D eigenvalue weighted by Crippen LogP contribution is 2.42. The Hall–Kier alpha value is -3.40. The first-order chi connectivity index (χ1) is 16.0. The molecule has 0 spiro atoms. The molecule has 1 aromatic heterocycles. The molecule has 2 unspecified atom stereocenters. The summed E-state index contributed by atoms with van der Waals surface area (Å²) in [4.78, 5) is 40.6. The summed E-state index contributed by atoms with van der Waals surface area (Å²) in [5.74, 6) is -3.66. The number of rotatable bonds is 5. The zero-order chi connectivity index (χ0) is 24.8. The van der Waals surface area contributed by atoms with E-state index in [0.717, 1.165) is 33.9 Å². The summed E-state index contributed by atoms with van der Waals surface area (Å²) in [6, 6.07) is 9.69.